The van der Waals surface area contributed by atoms with E-state index in [0.29, 0.717) is 12.1 Å². The number of hydrogen-bond acceptors (Lipinski definition) is 7. The summed E-state index contributed by atoms with van der Waals surface area (Å²) in [5, 5.41) is 12.6. The maximum atomic E-state index is 12.5. The lowest BCUT2D eigenvalue weighted by Crippen LogP contribution is -2.49. The van der Waals surface area contributed by atoms with Crippen LogP contribution in [0.15, 0.2) is 128 Å². The molecule has 3 heterocycles. The van der Waals surface area contributed by atoms with Crippen molar-refractivity contribution in [3.8, 4) is 11.1 Å². The van der Waals surface area contributed by atoms with Gasteiger partial charge in [0.25, 0.3) is 5.91 Å². The molecule has 2 saturated heterocycles. The average molecular weight is 669 g/mol. The van der Waals surface area contributed by atoms with Crippen LogP contribution in [0.25, 0.3) is 11.1 Å². The van der Waals surface area contributed by atoms with E-state index in [4.69, 9.17) is 9.47 Å². The smallest absolute Gasteiger partial charge is 0.253 e. The van der Waals surface area contributed by atoms with E-state index in [9.17, 15) is 9.90 Å². The third-order valence-corrected chi connectivity index (χ3v) is 9.61. The highest BCUT2D eigenvalue weighted by molar-refractivity contribution is 5.93. The molecule has 2 aliphatic heterocycles. The number of aliphatic hydroxyl groups excluding tert-OH is 1. The van der Waals surface area contributed by atoms with Crippen molar-refractivity contribution in [3.63, 3.8) is 0 Å². The summed E-state index contributed by atoms with van der Waals surface area (Å²) in [6.45, 7) is 6.37. The first kappa shape index (κ1) is 33.8. The summed E-state index contributed by atoms with van der Waals surface area (Å²) < 4.78 is 13.3. The van der Waals surface area contributed by atoms with Gasteiger partial charge in [-0.2, -0.15) is 0 Å². The second-order valence-corrected chi connectivity index (χ2v) is 13.2. The zero-order valence-electron chi connectivity index (χ0n) is 28.2. The maximum absolute atomic E-state index is 12.5. The largest absolute Gasteiger partial charge is 0.392 e. The first-order chi connectivity index (χ1) is 24.6. The highest BCUT2D eigenvalue weighted by atomic mass is 16.7. The third-order valence-electron chi connectivity index (χ3n) is 9.61. The standard InChI is InChI=1S/C42H44N4O4/c47-30-32-11-13-35(14-12-32)40-25-39(29-46-22-20-45(21-23-46)28-31-6-2-1-3-7-31)49-42(50-40)36-17-15-34(16-18-36)37-9-4-8-33(24-37)26-44-41(48)38-10-5-19-43-27-38/h1-19,24,27,39-40,42,47H,20-23,25-26,28-30H2,(H,44,48). The molecule has 0 radical (unpaired) electrons. The molecule has 3 unspecified atom stereocenters. The van der Waals surface area contributed by atoms with E-state index in [1.807, 2.05) is 24.3 Å². The highest BCUT2D eigenvalue weighted by Gasteiger charge is 2.33. The summed E-state index contributed by atoms with van der Waals surface area (Å²) >= 11 is 0. The summed E-state index contributed by atoms with van der Waals surface area (Å²) in [6, 6.07) is 38.9. The summed E-state index contributed by atoms with van der Waals surface area (Å²) in [6.07, 6.45) is 3.38. The van der Waals surface area contributed by atoms with E-state index in [0.717, 1.165) is 79.1 Å². The number of ether oxygens (including phenoxy) is 2. The Morgan fingerprint density at radius 3 is 2.22 bits per heavy atom. The highest BCUT2D eigenvalue weighted by Crippen LogP contribution is 2.39. The molecular weight excluding hydrogens is 624 g/mol. The van der Waals surface area contributed by atoms with Gasteiger partial charge in [0.2, 0.25) is 0 Å². The van der Waals surface area contributed by atoms with Gasteiger partial charge in [0.1, 0.15) is 0 Å². The van der Waals surface area contributed by atoms with Gasteiger partial charge in [0, 0.05) is 70.2 Å². The molecule has 0 aliphatic carbocycles. The number of hydrogen-bond donors (Lipinski definition) is 2. The number of pyridine rings is 1. The van der Waals surface area contributed by atoms with Crippen molar-refractivity contribution >= 4 is 5.91 Å². The Kier molecular flexibility index (Phi) is 11.0. The van der Waals surface area contributed by atoms with Crippen molar-refractivity contribution < 1.29 is 19.4 Å². The number of aromatic nitrogens is 1. The molecule has 0 spiro atoms. The number of carbonyl (C=O) groups excluding carboxylic acids is 1. The number of piperazine rings is 1. The fourth-order valence-corrected chi connectivity index (χ4v) is 6.77. The predicted molar refractivity (Wildman–Crippen MR) is 194 cm³/mol. The average Bonchev–Trinajstić information content (AvgIpc) is 3.18. The van der Waals surface area contributed by atoms with E-state index in [2.05, 4.69) is 99.0 Å². The van der Waals surface area contributed by atoms with Crippen LogP contribution < -0.4 is 5.32 Å². The van der Waals surface area contributed by atoms with Crippen molar-refractivity contribution in [2.24, 2.45) is 0 Å². The molecule has 0 bridgehead atoms. The number of carbonyl (C=O) groups is 1. The fourth-order valence-electron chi connectivity index (χ4n) is 6.77. The van der Waals surface area contributed by atoms with Gasteiger partial charge in [0.05, 0.1) is 24.4 Å². The van der Waals surface area contributed by atoms with Crippen molar-refractivity contribution in [3.05, 3.63) is 161 Å². The molecule has 2 N–H and O–H groups in total. The molecule has 256 valence electrons. The number of amides is 1. The van der Waals surface area contributed by atoms with Crippen molar-refractivity contribution in [1.82, 2.24) is 20.1 Å². The molecule has 2 aliphatic rings. The van der Waals surface area contributed by atoms with E-state index in [-0.39, 0.29) is 24.7 Å². The SMILES string of the molecule is O=C(NCc1cccc(-c2ccc(C3OC(CN4CCN(Cc5ccccc5)CC4)CC(c4ccc(CO)cc4)O3)cc2)c1)c1cccnc1. The normalized spacial score (nSPS) is 20.0. The lowest BCUT2D eigenvalue weighted by molar-refractivity contribution is -0.253. The topological polar surface area (TPSA) is 87.2 Å². The number of nitrogens with zero attached hydrogens (tertiary/aromatic N) is 3. The molecule has 1 amide bonds. The first-order valence-electron chi connectivity index (χ1n) is 17.5. The molecular formula is C42H44N4O4. The second kappa shape index (κ2) is 16.3. The minimum Gasteiger partial charge on any atom is -0.392 e. The van der Waals surface area contributed by atoms with Gasteiger partial charge in [0.15, 0.2) is 6.29 Å². The van der Waals surface area contributed by atoms with Crippen LogP contribution in [0.3, 0.4) is 0 Å². The second-order valence-electron chi connectivity index (χ2n) is 13.2. The summed E-state index contributed by atoms with van der Waals surface area (Å²) in [5.41, 5.74) is 8.02. The van der Waals surface area contributed by atoms with Gasteiger partial charge in [-0.1, -0.05) is 97.1 Å². The van der Waals surface area contributed by atoms with Gasteiger partial charge >= 0.3 is 0 Å². The van der Waals surface area contributed by atoms with Crippen LogP contribution in [0.4, 0.5) is 0 Å². The molecule has 5 aromatic rings. The van der Waals surface area contributed by atoms with E-state index in [1.54, 1.807) is 24.5 Å². The predicted octanol–water partition coefficient (Wildman–Crippen LogP) is 6.53. The molecule has 4 aromatic carbocycles. The zero-order valence-corrected chi connectivity index (χ0v) is 28.2. The van der Waals surface area contributed by atoms with Gasteiger partial charge < -0.3 is 19.9 Å². The summed E-state index contributed by atoms with van der Waals surface area (Å²) in [7, 11) is 0. The van der Waals surface area contributed by atoms with Crippen molar-refractivity contribution in [1.29, 1.82) is 0 Å². The van der Waals surface area contributed by atoms with Crippen LogP contribution in [0, 0.1) is 0 Å². The van der Waals surface area contributed by atoms with Crippen LogP contribution in [0.2, 0.25) is 0 Å². The number of aliphatic hydroxyl groups is 1. The number of benzene rings is 4. The van der Waals surface area contributed by atoms with Crippen LogP contribution in [-0.2, 0) is 29.2 Å². The minimum absolute atomic E-state index is 0.00942. The molecule has 0 saturated carbocycles. The van der Waals surface area contributed by atoms with Crippen molar-refractivity contribution in [2.75, 3.05) is 32.7 Å². The molecule has 3 atom stereocenters. The van der Waals surface area contributed by atoms with Crippen LogP contribution in [0.5, 0.6) is 0 Å². The lowest BCUT2D eigenvalue weighted by Gasteiger charge is -2.40. The minimum atomic E-state index is -0.501. The molecule has 1 aromatic heterocycles. The van der Waals surface area contributed by atoms with Gasteiger partial charge in [-0.3, -0.25) is 19.6 Å². The third kappa shape index (κ3) is 8.71. The molecule has 2 fully saturated rings. The lowest BCUT2D eigenvalue weighted by atomic mass is 9.98. The van der Waals surface area contributed by atoms with Gasteiger partial charge in [-0.15, -0.1) is 0 Å². The Morgan fingerprint density at radius 1 is 0.740 bits per heavy atom. The summed E-state index contributed by atoms with van der Waals surface area (Å²) in [5.74, 6) is -0.147. The fraction of sp³-hybridized carbons (Fsp3) is 0.286. The Labute approximate surface area is 294 Å². The zero-order chi connectivity index (χ0) is 34.1. The van der Waals surface area contributed by atoms with Crippen molar-refractivity contribution in [2.45, 2.75) is 44.6 Å². The van der Waals surface area contributed by atoms with E-state index >= 15 is 0 Å². The van der Waals surface area contributed by atoms with Crippen LogP contribution in [0.1, 0.15) is 57.0 Å². The number of nitrogens with one attached hydrogen (secondary N) is 1. The summed E-state index contributed by atoms with van der Waals surface area (Å²) in [4.78, 5) is 21.6. The Balaban J connectivity index is 1.01. The Morgan fingerprint density at radius 2 is 1.48 bits per heavy atom. The quantitative estimate of drug-likeness (QED) is 0.166. The van der Waals surface area contributed by atoms with E-state index < -0.39 is 6.29 Å². The maximum Gasteiger partial charge on any atom is 0.253 e. The Bertz CT molecular complexity index is 1810. The first-order valence-corrected chi connectivity index (χ1v) is 17.5. The monoisotopic (exact) mass is 668 g/mol. The van der Waals surface area contributed by atoms with Gasteiger partial charge in [-0.25, -0.2) is 0 Å². The molecule has 7 rings (SSSR count). The Hall–Kier alpha value is -4.70. The number of rotatable bonds is 11. The molecule has 8 heteroatoms. The molecule has 50 heavy (non-hydrogen) atoms. The van der Waals surface area contributed by atoms with E-state index in [1.165, 1.54) is 5.56 Å². The van der Waals surface area contributed by atoms with Gasteiger partial charge in [-0.05, 0) is 51.6 Å². The van der Waals surface area contributed by atoms with Crippen LogP contribution >= 0.6 is 0 Å². The van der Waals surface area contributed by atoms with Crippen LogP contribution in [-0.4, -0.2) is 64.6 Å². The molecule has 8 nitrogen and oxygen atoms in total.